The lowest BCUT2D eigenvalue weighted by molar-refractivity contribution is -0.138. The lowest BCUT2D eigenvalue weighted by Gasteiger charge is -2.11. The van der Waals surface area contributed by atoms with Gasteiger partial charge in [-0.25, -0.2) is 0 Å². The Morgan fingerprint density at radius 2 is 2.07 bits per heavy atom. The van der Waals surface area contributed by atoms with Crippen LogP contribution < -0.4 is 5.32 Å². The Morgan fingerprint density at radius 3 is 2.47 bits per heavy atom. The smallest absolute Gasteiger partial charge is 0.303 e. The first-order valence-electron chi connectivity index (χ1n) is 4.75. The molecule has 0 aliphatic heterocycles. The summed E-state index contributed by atoms with van der Waals surface area (Å²) in [7, 11) is 0.241. The number of hydrogen-bond acceptors (Lipinski definition) is 3. The molecule has 2 N–H and O–H groups in total. The van der Waals surface area contributed by atoms with Crippen molar-refractivity contribution in [2.45, 2.75) is 19.3 Å². The van der Waals surface area contributed by atoms with Gasteiger partial charge < -0.3 is 10.4 Å². The maximum Gasteiger partial charge on any atom is 0.303 e. The molecule has 0 saturated heterocycles. The highest BCUT2D eigenvalue weighted by molar-refractivity contribution is 7.85. The van der Waals surface area contributed by atoms with Crippen LogP contribution in [0.15, 0.2) is 0 Å². The van der Waals surface area contributed by atoms with E-state index in [2.05, 4.69) is 5.32 Å². The number of rotatable bonds is 6. The van der Waals surface area contributed by atoms with E-state index in [0.29, 0.717) is 5.75 Å². The molecule has 0 aromatic heterocycles. The van der Waals surface area contributed by atoms with E-state index < -0.39 is 16.8 Å². The quantitative estimate of drug-likeness (QED) is 0.662. The number of aliphatic carboxylic acids is 1. The van der Waals surface area contributed by atoms with E-state index in [0.717, 1.165) is 12.8 Å². The summed E-state index contributed by atoms with van der Waals surface area (Å²) in [5, 5.41) is 11.0. The molecule has 1 aliphatic carbocycles. The van der Waals surface area contributed by atoms with Gasteiger partial charge in [-0.3, -0.25) is 13.8 Å². The Hall–Kier alpha value is -0.910. The molecule has 0 aromatic carbocycles. The van der Waals surface area contributed by atoms with Crippen molar-refractivity contribution in [3.63, 3.8) is 0 Å². The molecule has 1 saturated carbocycles. The van der Waals surface area contributed by atoms with Crippen LogP contribution in [0.5, 0.6) is 0 Å². The predicted octanol–water partition coefficient (Wildman–Crippen LogP) is -0.264. The Bertz CT molecular complexity index is 298. The van der Waals surface area contributed by atoms with Crippen molar-refractivity contribution < 1.29 is 18.9 Å². The van der Waals surface area contributed by atoms with Crippen molar-refractivity contribution in [2.75, 3.05) is 18.6 Å². The number of carboxylic acids is 1. The average Bonchev–Trinajstić information content (AvgIpc) is 2.82. The van der Waals surface area contributed by atoms with Gasteiger partial charge >= 0.3 is 5.97 Å². The number of carbonyl (C=O) groups excluding carboxylic acids is 1. The second kappa shape index (κ2) is 4.74. The lowest BCUT2D eigenvalue weighted by Crippen LogP contribution is -2.27. The Morgan fingerprint density at radius 1 is 1.47 bits per heavy atom. The van der Waals surface area contributed by atoms with Gasteiger partial charge in [0.2, 0.25) is 5.91 Å². The topological polar surface area (TPSA) is 83.5 Å². The summed E-state index contributed by atoms with van der Waals surface area (Å²) in [4.78, 5) is 21.5. The number of carboxylic acid groups (broad SMARTS) is 1. The van der Waals surface area contributed by atoms with Crippen LogP contribution >= 0.6 is 0 Å². The van der Waals surface area contributed by atoms with Crippen LogP contribution in [0, 0.1) is 5.41 Å². The van der Waals surface area contributed by atoms with E-state index in [9.17, 15) is 13.8 Å². The summed E-state index contributed by atoms with van der Waals surface area (Å²) >= 11 is 0. The fraction of sp³-hybridized carbons (Fsp3) is 0.778. The van der Waals surface area contributed by atoms with Crippen molar-refractivity contribution in [3.8, 4) is 0 Å². The van der Waals surface area contributed by atoms with Gasteiger partial charge in [0.1, 0.15) is 5.75 Å². The van der Waals surface area contributed by atoms with Crippen LogP contribution in [0.4, 0.5) is 0 Å². The van der Waals surface area contributed by atoms with Gasteiger partial charge in [-0.2, -0.15) is 0 Å². The second-order valence-electron chi connectivity index (χ2n) is 3.97. The van der Waals surface area contributed by atoms with Gasteiger partial charge in [0.15, 0.2) is 0 Å². The van der Waals surface area contributed by atoms with Crippen LogP contribution in [0.2, 0.25) is 0 Å². The molecular formula is C9H15NO4S. The molecule has 0 spiro atoms. The fourth-order valence-electron chi connectivity index (χ4n) is 1.48. The normalized spacial score (nSPS) is 19.3. The summed E-state index contributed by atoms with van der Waals surface area (Å²) < 4.78 is 11.5. The molecule has 0 bridgehead atoms. The Labute approximate surface area is 90.7 Å². The molecule has 1 amide bonds. The van der Waals surface area contributed by atoms with Crippen LogP contribution in [0.3, 0.4) is 0 Å². The average molecular weight is 233 g/mol. The standard InChI is InChI=1S/C9H15NO4S/c1-10-7(11)5-15(14)6-9(2-3-9)4-8(12)13/h2-6H2,1H3,(H,10,11)(H,12,13). The zero-order valence-corrected chi connectivity index (χ0v) is 9.43. The highest BCUT2D eigenvalue weighted by atomic mass is 32.2. The molecule has 1 unspecified atom stereocenters. The van der Waals surface area contributed by atoms with Crippen molar-refractivity contribution in [2.24, 2.45) is 5.41 Å². The Balaban J connectivity index is 2.38. The minimum Gasteiger partial charge on any atom is -0.481 e. The molecular weight excluding hydrogens is 218 g/mol. The fourth-order valence-corrected chi connectivity index (χ4v) is 3.09. The SMILES string of the molecule is CNC(=O)CS(=O)CC1(CC(=O)O)CC1. The number of nitrogens with one attached hydrogen (secondary N) is 1. The summed E-state index contributed by atoms with van der Waals surface area (Å²) in [6.07, 6.45) is 1.67. The Kier molecular flexibility index (Phi) is 3.84. The summed E-state index contributed by atoms with van der Waals surface area (Å²) in [5.74, 6) is -0.825. The highest BCUT2D eigenvalue weighted by Gasteiger charge is 2.45. The summed E-state index contributed by atoms with van der Waals surface area (Å²) in [6.45, 7) is 0. The third kappa shape index (κ3) is 3.99. The number of hydrogen-bond donors (Lipinski definition) is 2. The number of carbonyl (C=O) groups is 2. The van der Waals surface area contributed by atoms with Crippen LogP contribution in [-0.4, -0.2) is 39.7 Å². The van der Waals surface area contributed by atoms with E-state index >= 15 is 0 Å². The minimum absolute atomic E-state index is 0.0299. The molecule has 0 aromatic rings. The molecule has 1 aliphatic rings. The molecule has 6 heteroatoms. The van der Waals surface area contributed by atoms with Gasteiger partial charge in [-0.15, -0.1) is 0 Å². The van der Waals surface area contributed by atoms with Crippen molar-refractivity contribution in [1.29, 1.82) is 0 Å². The summed E-state index contributed by atoms with van der Waals surface area (Å²) in [5.41, 5.74) is -0.301. The third-order valence-electron chi connectivity index (χ3n) is 2.52. The van der Waals surface area contributed by atoms with Crippen LogP contribution in [-0.2, 0) is 20.4 Å². The molecule has 1 atom stereocenters. The van der Waals surface area contributed by atoms with Gasteiger partial charge in [0.05, 0.1) is 6.42 Å². The minimum atomic E-state index is -1.25. The molecule has 86 valence electrons. The first-order valence-corrected chi connectivity index (χ1v) is 6.24. The van der Waals surface area contributed by atoms with Crippen LogP contribution in [0.1, 0.15) is 19.3 Å². The zero-order valence-electron chi connectivity index (χ0n) is 8.62. The molecule has 15 heavy (non-hydrogen) atoms. The molecule has 1 rings (SSSR count). The molecule has 1 fully saturated rings. The highest BCUT2D eigenvalue weighted by Crippen LogP contribution is 2.49. The number of amides is 1. The predicted molar refractivity (Wildman–Crippen MR) is 55.9 cm³/mol. The van der Waals surface area contributed by atoms with Crippen LogP contribution in [0.25, 0.3) is 0 Å². The van der Waals surface area contributed by atoms with Gasteiger partial charge in [0.25, 0.3) is 0 Å². The van der Waals surface area contributed by atoms with E-state index in [1.165, 1.54) is 7.05 Å². The first-order chi connectivity index (χ1) is 6.97. The van der Waals surface area contributed by atoms with E-state index in [1.807, 2.05) is 0 Å². The van der Waals surface area contributed by atoms with Crippen molar-refractivity contribution in [1.82, 2.24) is 5.32 Å². The van der Waals surface area contributed by atoms with E-state index in [4.69, 9.17) is 5.11 Å². The first kappa shape index (κ1) is 12.2. The maximum atomic E-state index is 11.5. The van der Waals surface area contributed by atoms with E-state index in [-0.39, 0.29) is 23.5 Å². The van der Waals surface area contributed by atoms with Gasteiger partial charge in [-0.1, -0.05) is 0 Å². The van der Waals surface area contributed by atoms with Crippen molar-refractivity contribution in [3.05, 3.63) is 0 Å². The second-order valence-corrected chi connectivity index (χ2v) is 5.43. The van der Waals surface area contributed by atoms with E-state index in [1.54, 1.807) is 0 Å². The molecule has 0 radical (unpaired) electrons. The van der Waals surface area contributed by atoms with Crippen molar-refractivity contribution >= 4 is 22.7 Å². The van der Waals surface area contributed by atoms with Gasteiger partial charge in [-0.05, 0) is 18.3 Å². The maximum absolute atomic E-state index is 11.5. The van der Waals surface area contributed by atoms with Gasteiger partial charge in [0, 0.05) is 23.6 Å². The zero-order chi connectivity index (χ0) is 11.5. The monoisotopic (exact) mass is 233 g/mol. The lowest BCUT2D eigenvalue weighted by atomic mass is 10.1. The molecule has 5 nitrogen and oxygen atoms in total. The summed E-state index contributed by atoms with van der Waals surface area (Å²) in [6, 6.07) is 0. The third-order valence-corrected chi connectivity index (χ3v) is 4.04. The molecule has 0 heterocycles. The largest absolute Gasteiger partial charge is 0.481 e.